The van der Waals surface area contributed by atoms with E-state index in [0.29, 0.717) is 11.3 Å². The van der Waals surface area contributed by atoms with E-state index < -0.39 is 0 Å². The van der Waals surface area contributed by atoms with Crippen molar-refractivity contribution in [1.82, 2.24) is 0 Å². The van der Waals surface area contributed by atoms with Crippen LogP contribution in [0, 0.1) is 0 Å². The zero-order chi connectivity index (χ0) is 17.4. The molecule has 0 atom stereocenters. The van der Waals surface area contributed by atoms with Crippen LogP contribution in [0.4, 0.5) is 5.69 Å². The highest BCUT2D eigenvalue weighted by atomic mass is 79.9. The number of ketones is 1. The summed E-state index contributed by atoms with van der Waals surface area (Å²) in [4.78, 5) is 17.2. The number of anilines is 1. The fourth-order valence-electron chi connectivity index (χ4n) is 1.78. The molecular formula is C17H16BrN3O3. The van der Waals surface area contributed by atoms with E-state index in [2.05, 4.69) is 36.5 Å². The van der Waals surface area contributed by atoms with E-state index in [4.69, 9.17) is 4.74 Å². The second-order valence-corrected chi connectivity index (χ2v) is 5.51. The Bertz CT molecular complexity index is 741. The maximum absolute atomic E-state index is 12.5. The third kappa shape index (κ3) is 4.92. The Labute approximate surface area is 148 Å². The number of halogens is 1. The number of methoxy groups -OCH3 is 1. The van der Waals surface area contributed by atoms with Crippen molar-refractivity contribution < 1.29 is 14.4 Å². The molecule has 0 radical (unpaired) electrons. The molecule has 0 spiro atoms. The van der Waals surface area contributed by atoms with Crippen molar-refractivity contribution in [3.05, 3.63) is 58.6 Å². The summed E-state index contributed by atoms with van der Waals surface area (Å²) < 4.78 is 5.98. The average molecular weight is 390 g/mol. The Balaban J connectivity index is 2.21. The van der Waals surface area contributed by atoms with Crippen molar-refractivity contribution in [3.8, 4) is 5.75 Å². The summed E-state index contributed by atoms with van der Waals surface area (Å²) in [5.74, 6) is 0.459. The van der Waals surface area contributed by atoms with Crippen LogP contribution in [0.1, 0.15) is 10.4 Å². The van der Waals surface area contributed by atoms with Crippen LogP contribution >= 0.6 is 15.9 Å². The fourth-order valence-corrected chi connectivity index (χ4v) is 2.04. The minimum Gasteiger partial charge on any atom is -0.497 e. The predicted molar refractivity (Wildman–Crippen MR) is 98.0 cm³/mol. The van der Waals surface area contributed by atoms with Gasteiger partial charge in [-0.3, -0.25) is 10.2 Å². The van der Waals surface area contributed by atoms with E-state index in [1.54, 1.807) is 55.6 Å². The number of carbonyl (C=O) groups is 1. The van der Waals surface area contributed by atoms with Gasteiger partial charge in [-0.15, -0.1) is 0 Å². The Morgan fingerprint density at radius 1 is 1.08 bits per heavy atom. The smallest absolute Gasteiger partial charge is 0.214 e. The van der Waals surface area contributed by atoms with Crippen molar-refractivity contribution in [2.45, 2.75) is 0 Å². The van der Waals surface area contributed by atoms with Gasteiger partial charge in [-0.05, 0) is 48.5 Å². The fraction of sp³-hybridized carbons (Fsp3) is 0.118. The van der Waals surface area contributed by atoms with Crippen molar-refractivity contribution in [1.29, 1.82) is 0 Å². The number of oxime groups is 1. The van der Waals surface area contributed by atoms with Crippen LogP contribution in [0.5, 0.6) is 5.75 Å². The maximum atomic E-state index is 12.5. The van der Waals surface area contributed by atoms with Gasteiger partial charge >= 0.3 is 0 Å². The first-order valence-corrected chi connectivity index (χ1v) is 7.78. The molecule has 124 valence electrons. The molecule has 0 heterocycles. The molecular weight excluding hydrogens is 374 g/mol. The molecule has 0 aliphatic rings. The molecule has 0 unspecified atom stereocenters. The molecule has 2 aromatic carbocycles. The molecule has 24 heavy (non-hydrogen) atoms. The van der Waals surface area contributed by atoms with E-state index in [-0.39, 0.29) is 11.5 Å². The number of Topliss-reactive ketones (excluding diaryl/α,β-unsaturated/α-hetero) is 1. The lowest BCUT2D eigenvalue weighted by Gasteiger charge is -2.05. The number of ether oxygens (including phenoxy) is 1. The molecule has 0 aromatic heterocycles. The molecule has 2 rings (SSSR count). The van der Waals surface area contributed by atoms with Crippen LogP contribution in [-0.2, 0) is 4.84 Å². The molecule has 7 heteroatoms. The van der Waals surface area contributed by atoms with Crippen LogP contribution in [-0.4, -0.2) is 31.9 Å². The summed E-state index contributed by atoms with van der Waals surface area (Å²) in [5.41, 5.74) is 4.15. The zero-order valence-corrected chi connectivity index (χ0v) is 14.8. The lowest BCUT2D eigenvalue weighted by Crippen LogP contribution is -2.17. The van der Waals surface area contributed by atoms with Crippen molar-refractivity contribution in [2.24, 2.45) is 10.3 Å². The number of nitrogens with one attached hydrogen (secondary N) is 1. The third-order valence-electron chi connectivity index (χ3n) is 3.01. The van der Waals surface area contributed by atoms with Gasteiger partial charge in [-0.1, -0.05) is 21.1 Å². The van der Waals surface area contributed by atoms with Gasteiger partial charge in [0, 0.05) is 10.0 Å². The number of rotatable bonds is 7. The summed E-state index contributed by atoms with van der Waals surface area (Å²) in [5, 5.41) is 7.75. The molecule has 0 saturated heterocycles. The first kappa shape index (κ1) is 17.7. The molecule has 0 aliphatic carbocycles. The normalized spacial score (nSPS) is 11.4. The van der Waals surface area contributed by atoms with E-state index in [9.17, 15) is 4.79 Å². The van der Waals surface area contributed by atoms with Gasteiger partial charge in [0.25, 0.3) is 0 Å². The first-order valence-electron chi connectivity index (χ1n) is 6.98. The summed E-state index contributed by atoms with van der Waals surface area (Å²) in [6.45, 7) is 0. The van der Waals surface area contributed by atoms with E-state index >= 15 is 0 Å². The minimum atomic E-state index is -0.274. The highest BCUT2D eigenvalue weighted by molar-refractivity contribution is 9.10. The summed E-state index contributed by atoms with van der Waals surface area (Å²) in [7, 11) is 2.99. The van der Waals surface area contributed by atoms with Crippen molar-refractivity contribution in [3.63, 3.8) is 0 Å². The minimum absolute atomic E-state index is 0.120. The molecule has 0 aliphatic heterocycles. The van der Waals surface area contributed by atoms with Gasteiger partial charge in [0.1, 0.15) is 12.9 Å². The second kappa shape index (κ2) is 8.83. The van der Waals surface area contributed by atoms with E-state index in [0.717, 1.165) is 10.2 Å². The zero-order valence-electron chi connectivity index (χ0n) is 13.2. The summed E-state index contributed by atoms with van der Waals surface area (Å²) >= 11 is 3.34. The third-order valence-corrected chi connectivity index (χ3v) is 3.54. The predicted octanol–water partition coefficient (Wildman–Crippen LogP) is 3.74. The number of nitrogens with zero attached hydrogens (tertiary/aromatic N) is 2. The quantitative estimate of drug-likeness (QED) is 0.444. The molecule has 0 saturated carbocycles. The molecule has 1 N–H and O–H groups in total. The Kier molecular flexibility index (Phi) is 6.51. The van der Waals surface area contributed by atoms with Gasteiger partial charge in [-0.2, -0.15) is 5.10 Å². The SMILES string of the molecule is CO/N=C/C(=N\Nc1ccc(OC)cc1)C(=O)c1ccc(Br)cc1. The van der Waals surface area contributed by atoms with Gasteiger partial charge in [0.2, 0.25) is 5.78 Å². The molecule has 2 aromatic rings. The standard InChI is InChI=1S/C17H16BrN3O3/c1-23-15-9-7-14(8-10-15)20-21-16(11-19-24-2)17(22)12-3-5-13(18)6-4-12/h3-11,20H,1-2H3/b19-11+,21-16+. The molecule has 0 fully saturated rings. The van der Waals surface area contributed by atoms with Gasteiger partial charge < -0.3 is 9.57 Å². The van der Waals surface area contributed by atoms with Gasteiger partial charge in [0.05, 0.1) is 19.0 Å². The Hall–Kier alpha value is -2.67. The molecule has 0 bridgehead atoms. The maximum Gasteiger partial charge on any atom is 0.214 e. The van der Waals surface area contributed by atoms with Crippen LogP contribution in [0.15, 0.2) is 63.3 Å². The second-order valence-electron chi connectivity index (χ2n) is 4.59. The number of benzene rings is 2. The Morgan fingerprint density at radius 2 is 1.75 bits per heavy atom. The lowest BCUT2D eigenvalue weighted by atomic mass is 10.1. The Morgan fingerprint density at radius 3 is 2.33 bits per heavy atom. The lowest BCUT2D eigenvalue weighted by molar-refractivity contribution is 0.106. The number of hydrogen-bond acceptors (Lipinski definition) is 6. The van der Waals surface area contributed by atoms with Crippen LogP contribution < -0.4 is 10.2 Å². The van der Waals surface area contributed by atoms with Crippen molar-refractivity contribution >= 4 is 39.3 Å². The van der Waals surface area contributed by atoms with Crippen LogP contribution in [0.3, 0.4) is 0 Å². The molecule has 6 nitrogen and oxygen atoms in total. The summed E-state index contributed by atoms with van der Waals surface area (Å²) in [6, 6.07) is 14.1. The number of hydrogen-bond donors (Lipinski definition) is 1. The topological polar surface area (TPSA) is 72.3 Å². The monoisotopic (exact) mass is 389 g/mol. The first-order chi connectivity index (χ1) is 11.6. The van der Waals surface area contributed by atoms with Crippen LogP contribution in [0.25, 0.3) is 0 Å². The summed E-state index contributed by atoms with van der Waals surface area (Å²) in [6.07, 6.45) is 1.26. The van der Waals surface area contributed by atoms with E-state index in [1.807, 2.05) is 0 Å². The molecule has 0 amide bonds. The van der Waals surface area contributed by atoms with Gasteiger partial charge in [-0.25, -0.2) is 0 Å². The highest BCUT2D eigenvalue weighted by Gasteiger charge is 2.13. The van der Waals surface area contributed by atoms with Gasteiger partial charge in [0.15, 0.2) is 5.71 Å². The average Bonchev–Trinajstić information content (AvgIpc) is 2.62. The largest absolute Gasteiger partial charge is 0.497 e. The number of carbonyl (C=O) groups excluding carboxylic acids is 1. The van der Waals surface area contributed by atoms with E-state index in [1.165, 1.54) is 13.3 Å². The van der Waals surface area contributed by atoms with Crippen LogP contribution in [0.2, 0.25) is 0 Å². The van der Waals surface area contributed by atoms with Crippen molar-refractivity contribution in [2.75, 3.05) is 19.6 Å². The number of hydrazone groups is 1. The highest BCUT2D eigenvalue weighted by Crippen LogP contribution is 2.15.